The summed E-state index contributed by atoms with van der Waals surface area (Å²) in [5.41, 5.74) is -0.233. The molecule has 0 radical (unpaired) electrons. The molecule has 1 aromatic heterocycles. The summed E-state index contributed by atoms with van der Waals surface area (Å²) in [5.74, 6) is -6.04. The molecule has 0 saturated carbocycles. The highest BCUT2D eigenvalue weighted by atomic mass is 35.5. The zero-order chi connectivity index (χ0) is 22.8. The van der Waals surface area contributed by atoms with Crippen LogP contribution in [0, 0.1) is 0 Å². The smallest absolute Gasteiger partial charge is 0.283 e. The maximum Gasteiger partial charge on any atom is 0.283 e. The molecule has 1 fully saturated rings. The fraction of sp³-hybridized carbons (Fsp3) is 0.350. The van der Waals surface area contributed by atoms with Crippen LogP contribution in [-0.4, -0.2) is 36.1 Å². The maximum atomic E-state index is 14.0. The first kappa shape index (κ1) is 21.9. The van der Waals surface area contributed by atoms with Crippen molar-refractivity contribution in [3.05, 3.63) is 53.1 Å². The second-order valence-corrected chi connectivity index (χ2v) is 9.93. The van der Waals surface area contributed by atoms with Crippen LogP contribution >= 0.6 is 11.6 Å². The lowest BCUT2D eigenvalue weighted by atomic mass is 10.1. The molecule has 1 aliphatic heterocycles. The Morgan fingerprint density at radius 2 is 1.81 bits per heavy atom. The third-order valence-electron chi connectivity index (χ3n) is 5.29. The third kappa shape index (κ3) is 3.76. The van der Waals surface area contributed by atoms with Gasteiger partial charge in [-0.2, -0.15) is 12.5 Å². The van der Waals surface area contributed by atoms with Gasteiger partial charge in [-0.25, -0.2) is 17.6 Å². The number of benzene rings is 2. The summed E-state index contributed by atoms with van der Waals surface area (Å²) in [6.07, 6.45) is -0.398. The molecule has 2 aromatic carbocycles. The average molecular weight is 476 g/mol. The minimum atomic E-state index is -4.31. The Balaban J connectivity index is 1.88. The van der Waals surface area contributed by atoms with Crippen molar-refractivity contribution in [2.45, 2.75) is 43.1 Å². The van der Waals surface area contributed by atoms with E-state index in [1.165, 1.54) is 23.1 Å². The summed E-state index contributed by atoms with van der Waals surface area (Å²) < 4.78 is 82.2. The van der Waals surface area contributed by atoms with Gasteiger partial charge < -0.3 is 4.90 Å². The second-order valence-electron chi connectivity index (χ2n) is 7.76. The number of hydrogen-bond donors (Lipinski definition) is 0. The van der Waals surface area contributed by atoms with E-state index in [1.807, 2.05) is 0 Å². The van der Waals surface area contributed by atoms with E-state index in [0.717, 1.165) is 24.3 Å². The first-order valence-electron chi connectivity index (χ1n) is 9.37. The van der Waals surface area contributed by atoms with Crippen LogP contribution in [-0.2, 0) is 15.9 Å². The highest BCUT2D eigenvalue weighted by molar-refractivity contribution is 7.90. The van der Waals surface area contributed by atoms with Crippen LogP contribution in [0.3, 0.4) is 0 Å². The molecule has 2 heterocycles. The predicted octanol–water partition coefficient (Wildman–Crippen LogP) is 5.27. The second kappa shape index (κ2) is 7.09. The number of alkyl halides is 4. The summed E-state index contributed by atoms with van der Waals surface area (Å²) in [7, 11) is -4.31. The van der Waals surface area contributed by atoms with Crippen LogP contribution in [0.5, 0.6) is 0 Å². The van der Waals surface area contributed by atoms with Gasteiger partial charge in [-0.1, -0.05) is 29.8 Å². The molecule has 31 heavy (non-hydrogen) atoms. The molecule has 0 spiro atoms. The van der Waals surface area contributed by atoms with Crippen molar-refractivity contribution in [3.8, 4) is 0 Å². The van der Waals surface area contributed by atoms with E-state index in [2.05, 4.69) is 5.10 Å². The van der Waals surface area contributed by atoms with Gasteiger partial charge in [0, 0.05) is 24.9 Å². The molecule has 4 rings (SSSR count). The van der Waals surface area contributed by atoms with Gasteiger partial charge in [0.15, 0.2) is 5.82 Å². The van der Waals surface area contributed by atoms with Gasteiger partial charge in [0.1, 0.15) is 0 Å². The molecular formula is C20H18ClF4N3O2S. The van der Waals surface area contributed by atoms with Crippen molar-refractivity contribution < 1.29 is 26.0 Å². The van der Waals surface area contributed by atoms with Crippen LogP contribution in [0.4, 0.5) is 23.4 Å². The minimum absolute atomic E-state index is 0.0329. The van der Waals surface area contributed by atoms with Gasteiger partial charge >= 0.3 is 0 Å². The molecule has 0 amide bonds. The normalized spacial score (nSPS) is 19.3. The number of halogens is 5. The molecule has 166 valence electrons. The standard InChI is InChI=1S/C20H18ClF4N3O2S/c1-12-10-20(24,25)11-27(12)18-17-15(21)4-3-5-16(17)28(26-18)31(29,30)14-8-6-13(7-9-14)19(2,22)23/h3-9,12H,10-11H2,1-2H3/t12-/m1/s1. The van der Waals surface area contributed by atoms with Crippen LogP contribution < -0.4 is 4.90 Å². The molecule has 1 atom stereocenters. The lowest BCUT2D eigenvalue weighted by Crippen LogP contribution is -2.29. The van der Waals surface area contributed by atoms with Crippen LogP contribution in [0.25, 0.3) is 10.9 Å². The number of rotatable bonds is 4. The van der Waals surface area contributed by atoms with E-state index in [4.69, 9.17) is 11.6 Å². The molecule has 3 aromatic rings. The molecular weight excluding hydrogens is 458 g/mol. The Hall–Kier alpha value is -2.33. The van der Waals surface area contributed by atoms with E-state index in [1.54, 1.807) is 6.92 Å². The van der Waals surface area contributed by atoms with E-state index in [0.29, 0.717) is 11.0 Å². The largest absolute Gasteiger partial charge is 0.346 e. The quantitative estimate of drug-likeness (QED) is 0.482. The topological polar surface area (TPSA) is 55.2 Å². The molecule has 1 saturated heterocycles. The molecule has 0 unspecified atom stereocenters. The van der Waals surface area contributed by atoms with E-state index < -0.39 is 40.9 Å². The monoisotopic (exact) mass is 475 g/mol. The fourth-order valence-electron chi connectivity index (χ4n) is 3.78. The van der Waals surface area contributed by atoms with Crippen molar-refractivity contribution >= 4 is 38.3 Å². The van der Waals surface area contributed by atoms with Crippen molar-refractivity contribution in [1.29, 1.82) is 0 Å². The number of aromatic nitrogens is 2. The SMILES string of the molecule is C[C@@H]1CC(F)(F)CN1c1nn(S(=O)(=O)c2ccc(C(C)(F)F)cc2)c2cccc(Cl)c12. The van der Waals surface area contributed by atoms with Crippen molar-refractivity contribution in [3.63, 3.8) is 0 Å². The van der Waals surface area contributed by atoms with Crippen LogP contribution in [0.2, 0.25) is 5.02 Å². The van der Waals surface area contributed by atoms with Crippen molar-refractivity contribution in [1.82, 2.24) is 9.19 Å². The summed E-state index contributed by atoms with van der Waals surface area (Å²) in [6.45, 7) is 1.69. The van der Waals surface area contributed by atoms with Gasteiger partial charge in [0.05, 0.1) is 27.4 Å². The predicted molar refractivity (Wildman–Crippen MR) is 110 cm³/mol. The van der Waals surface area contributed by atoms with Crippen molar-refractivity contribution in [2.24, 2.45) is 0 Å². The van der Waals surface area contributed by atoms with Crippen LogP contribution in [0.15, 0.2) is 47.4 Å². The lowest BCUT2D eigenvalue weighted by Gasteiger charge is -2.20. The third-order valence-corrected chi connectivity index (χ3v) is 7.21. The zero-order valence-electron chi connectivity index (χ0n) is 16.5. The molecule has 0 bridgehead atoms. The Morgan fingerprint density at radius 3 is 2.35 bits per heavy atom. The van der Waals surface area contributed by atoms with Crippen LogP contribution in [0.1, 0.15) is 25.8 Å². The van der Waals surface area contributed by atoms with E-state index in [9.17, 15) is 26.0 Å². The first-order valence-corrected chi connectivity index (χ1v) is 11.2. The fourth-order valence-corrected chi connectivity index (χ4v) is 5.31. The molecule has 11 heteroatoms. The first-order chi connectivity index (χ1) is 14.3. The van der Waals surface area contributed by atoms with Crippen molar-refractivity contribution in [2.75, 3.05) is 11.4 Å². The highest BCUT2D eigenvalue weighted by Crippen LogP contribution is 2.41. The molecule has 0 aliphatic carbocycles. The highest BCUT2D eigenvalue weighted by Gasteiger charge is 2.45. The molecule has 1 aliphatic rings. The Bertz CT molecular complexity index is 1250. The Labute approximate surface area is 181 Å². The van der Waals surface area contributed by atoms with E-state index in [-0.39, 0.29) is 32.2 Å². The number of fused-ring (bicyclic) bond motifs is 1. The molecule has 5 nitrogen and oxygen atoms in total. The van der Waals surface area contributed by atoms with Gasteiger partial charge in [0.25, 0.3) is 21.9 Å². The Morgan fingerprint density at radius 1 is 1.16 bits per heavy atom. The average Bonchev–Trinajstić information content (AvgIpc) is 3.19. The molecule has 0 N–H and O–H groups in total. The Kier molecular flexibility index (Phi) is 5.01. The van der Waals surface area contributed by atoms with Gasteiger partial charge in [-0.15, -0.1) is 5.10 Å². The van der Waals surface area contributed by atoms with E-state index >= 15 is 0 Å². The summed E-state index contributed by atoms with van der Waals surface area (Å²) in [6, 6.07) is 8.08. The zero-order valence-corrected chi connectivity index (χ0v) is 18.1. The maximum absolute atomic E-state index is 14.0. The number of nitrogens with zero attached hydrogens (tertiary/aromatic N) is 3. The van der Waals surface area contributed by atoms with Gasteiger partial charge in [-0.05, 0) is 31.2 Å². The lowest BCUT2D eigenvalue weighted by molar-refractivity contribution is 0.0173. The minimum Gasteiger partial charge on any atom is -0.346 e. The summed E-state index contributed by atoms with van der Waals surface area (Å²) in [5, 5.41) is 4.55. The summed E-state index contributed by atoms with van der Waals surface area (Å²) >= 11 is 6.29. The summed E-state index contributed by atoms with van der Waals surface area (Å²) in [4.78, 5) is 1.07. The number of hydrogen-bond acceptors (Lipinski definition) is 4. The van der Waals surface area contributed by atoms with Gasteiger partial charge in [0.2, 0.25) is 0 Å². The number of anilines is 1. The van der Waals surface area contributed by atoms with Gasteiger partial charge in [-0.3, -0.25) is 0 Å².